The molecule has 0 saturated carbocycles. The average Bonchev–Trinajstić information content (AvgIpc) is 3.23. The molecule has 0 amide bonds. The van der Waals surface area contributed by atoms with Crippen LogP contribution in [-0.4, -0.2) is 61.0 Å². The summed E-state index contributed by atoms with van der Waals surface area (Å²) in [5, 5.41) is 8.84. The van der Waals surface area contributed by atoms with Gasteiger partial charge in [0.05, 0.1) is 12.7 Å². The van der Waals surface area contributed by atoms with E-state index >= 15 is 0 Å². The Balaban J connectivity index is 1.69. The Morgan fingerprint density at radius 2 is 2.11 bits per heavy atom. The molecule has 3 rings (SSSR count). The van der Waals surface area contributed by atoms with Crippen molar-refractivity contribution in [3.05, 3.63) is 30.1 Å². The van der Waals surface area contributed by atoms with Gasteiger partial charge in [-0.2, -0.15) is 10.2 Å². The second kappa shape index (κ2) is 8.97. The molecule has 7 heteroatoms. The molecule has 1 saturated heterocycles. The van der Waals surface area contributed by atoms with Gasteiger partial charge in [0.2, 0.25) is 0 Å². The molecule has 2 aromatic rings. The van der Waals surface area contributed by atoms with Crippen LogP contribution in [0.1, 0.15) is 51.0 Å². The standard InChI is InChI=1S/C20H35N7/c1-6-26-9-7-8-17(20(26)18-10-22-25(5)13-18)12-24(4)14-19-21-15-23-27(19)11-16(2)3/h10,13,15-17,20H,6-9,11-12,14H2,1-5H3/t17-,20+/m0/s1. The van der Waals surface area contributed by atoms with Gasteiger partial charge >= 0.3 is 0 Å². The highest BCUT2D eigenvalue weighted by atomic mass is 15.3. The largest absolute Gasteiger partial charge is 0.299 e. The van der Waals surface area contributed by atoms with Crippen LogP contribution in [0.15, 0.2) is 18.7 Å². The maximum atomic E-state index is 4.50. The first-order valence-corrected chi connectivity index (χ1v) is 10.3. The lowest BCUT2D eigenvalue weighted by Gasteiger charge is -2.42. The average molecular weight is 374 g/mol. The Hall–Kier alpha value is -1.73. The van der Waals surface area contributed by atoms with E-state index in [-0.39, 0.29) is 0 Å². The van der Waals surface area contributed by atoms with E-state index in [2.05, 4.69) is 63.7 Å². The smallest absolute Gasteiger partial charge is 0.141 e. The quantitative estimate of drug-likeness (QED) is 0.712. The Morgan fingerprint density at radius 1 is 1.30 bits per heavy atom. The zero-order valence-electron chi connectivity index (χ0n) is 17.5. The van der Waals surface area contributed by atoms with Crippen molar-refractivity contribution in [3.63, 3.8) is 0 Å². The minimum atomic E-state index is 0.452. The molecule has 0 aromatic carbocycles. The summed E-state index contributed by atoms with van der Waals surface area (Å²) < 4.78 is 3.98. The molecule has 0 bridgehead atoms. The first-order chi connectivity index (χ1) is 13.0. The molecule has 1 aliphatic rings. The lowest BCUT2D eigenvalue weighted by Crippen LogP contribution is -2.42. The lowest BCUT2D eigenvalue weighted by atomic mass is 9.85. The Kier molecular flexibility index (Phi) is 6.65. The van der Waals surface area contributed by atoms with Crippen molar-refractivity contribution in [1.82, 2.24) is 34.3 Å². The monoisotopic (exact) mass is 373 g/mol. The van der Waals surface area contributed by atoms with Crippen LogP contribution >= 0.6 is 0 Å². The summed E-state index contributed by atoms with van der Waals surface area (Å²) in [4.78, 5) is 9.52. The van der Waals surface area contributed by atoms with Crippen molar-refractivity contribution >= 4 is 0 Å². The summed E-state index contributed by atoms with van der Waals surface area (Å²) in [5.74, 6) is 2.24. The maximum absolute atomic E-state index is 4.50. The Labute approximate surface area is 163 Å². The summed E-state index contributed by atoms with van der Waals surface area (Å²) in [6.45, 7) is 11.8. The third kappa shape index (κ3) is 4.96. The Bertz CT molecular complexity index is 705. The fraction of sp³-hybridized carbons (Fsp3) is 0.750. The van der Waals surface area contributed by atoms with Gasteiger partial charge in [-0.3, -0.25) is 14.5 Å². The van der Waals surface area contributed by atoms with Crippen LogP contribution in [-0.2, 0) is 20.1 Å². The molecule has 2 aromatic heterocycles. The Morgan fingerprint density at radius 3 is 2.78 bits per heavy atom. The molecule has 0 radical (unpaired) electrons. The van der Waals surface area contributed by atoms with Crippen LogP contribution < -0.4 is 0 Å². The first-order valence-electron chi connectivity index (χ1n) is 10.3. The number of hydrogen-bond acceptors (Lipinski definition) is 5. The fourth-order valence-electron chi connectivity index (χ4n) is 4.39. The van der Waals surface area contributed by atoms with Gasteiger partial charge in [0.1, 0.15) is 12.2 Å². The molecule has 3 heterocycles. The van der Waals surface area contributed by atoms with Gasteiger partial charge in [-0.25, -0.2) is 9.67 Å². The van der Waals surface area contributed by atoms with Crippen molar-refractivity contribution in [3.8, 4) is 0 Å². The second-order valence-electron chi connectivity index (χ2n) is 8.37. The normalized spacial score (nSPS) is 21.4. The van der Waals surface area contributed by atoms with Gasteiger partial charge in [-0.15, -0.1) is 0 Å². The van der Waals surface area contributed by atoms with Crippen LogP contribution in [0.5, 0.6) is 0 Å². The predicted octanol–water partition coefficient (Wildman–Crippen LogP) is 2.57. The van der Waals surface area contributed by atoms with Gasteiger partial charge in [-0.1, -0.05) is 20.8 Å². The summed E-state index contributed by atoms with van der Waals surface area (Å²) in [6.07, 6.45) is 8.45. The number of likely N-dealkylation sites (tertiary alicyclic amines) is 1. The van der Waals surface area contributed by atoms with Crippen LogP contribution in [0.3, 0.4) is 0 Å². The molecule has 27 heavy (non-hydrogen) atoms. The molecule has 2 atom stereocenters. The molecule has 0 N–H and O–H groups in total. The molecular weight excluding hydrogens is 338 g/mol. The summed E-state index contributed by atoms with van der Waals surface area (Å²) in [5.41, 5.74) is 1.35. The van der Waals surface area contributed by atoms with Crippen LogP contribution in [0.25, 0.3) is 0 Å². The van der Waals surface area contributed by atoms with Gasteiger partial charge < -0.3 is 0 Å². The van der Waals surface area contributed by atoms with E-state index in [4.69, 9.17) is 0 Å². The zero-order chi connectivity index (χ0) is 19.4. The van der Waals surface area contributed by atoms with E-state index in [1.165, 1.54) is 24.9 Å². The molecule has 0 unspecified atom stereocenters. The number of hydrogen-bond donors (Lipinski definition) is 0. The number of aromatic nitrogens is 5. The predicted molar refractivity (Wildman–Crippen MR) is 107 cm³/mol. The molecule has 0 spiro atoms. The minimum absolute atomic E-state index is 0.452. The van der Waals surface area contributed by atoms with Crippen molar-refractivity contribution in [2.75, 3.05) is 26.7 Å². The van der Waals surface area contributed by atoms with Crippen LogP contribution in [0.2, 0.25) is 0 Å². The third-order valence-corrected chi connectivity index (χ3v) is 5.52. The summed E-state index contributed by atoms with van der Waals surface area (Å²) >= 11 is 0. The van der Waals surface area contributed by atoms with Crippen LogP contribution in [0.4, 0.5) is 0 Å². The number of piperidine rings is 1. The molecule has 7 nitrogen and oxygen atoms in total. The molecule has 1 aliphatic heterocycles. The van der Waals surface area contributed by atoms with E-state index in [0.717, 1.165) is 32.0 Å². The van der Waals surface area contributed by atoms with E-state index < -0.39 is 0 Å². The number of aryl methyl sites for hydroxylation is 1. The van der Waals surface area contributed by atoms with E-state index in [1.807, 2.05) is 17.9 Å². The van der Waals surface area contributed by atoms with Crippen LogP contribution in [0, 0.1) is 11.8 Å². The SMILES string of the molecule is CCN1CCC[C@@H](CN(C)Cc2ncnn2CC(C)C)[C@@H]1c1cnn(C)c1. The van der Waals surface area contributed by atoms with E-state index in [1.54, 1.807) is 6.33 Å². The van der Waals surface area contributed by atoms with Crippen molar-refractivity contribution in [2.45, 2.75) is 52.7 Å². The second-order valence-corrected chi connectivity index (χ2v) is 8.37. The lowest BCUT2D eigenvalue weighted by molar-refractivity contribution is 0.0740. The van der Waals surface area contributed by atoms with Crippen molar-refractivity contribution < 1.29 is 0 Å². The number of rotatable bonds is 8. The van der Waals surface area contributed by atoms with Gasteiger partial charge in [0.15, 0.2) is 0 Å². The molecule has 1 fully saturated rings. The fourth-order valence-corrected chi connectivity index (χ4v) is 4.39. The van der Waals surface area contributed by atoms with Crippen molar-refractivity contribution in [1.29, 1.82) is 0 Å². The zero-order valence-corrected chi connectivity index (χ0v) is 17.5. The minimum Gasteiger partial charge on any atom is -0.299 e. The van der Waals surface area contributed by atoms with Gasteiger partial charge in [0.25, 0.3) is 0 Å². The topological polar surface area (TPSA) is 55.0 Å². The molecule has 150 valence electrons. The number of nitrogens with zero attached hydrogens (tertiary/aromatic N) is 7. The highest BCUT2D eigenvalue weighted by molar-refractivity contribution is 5.13. The van der Waals surface area contributed by atoms with Crippen molar-refractivity contribution in [2.24, 2.45) is 18.9 Å². The molecular formula is C20H35N7. The van der Waals surface area contributed by atoms with E-state index in [0.29, 0.717) is 17.9 Å². The highest BCUT2D eigenvalue weighted by Crippen LogP contribution is 2.36. The van der Waals surface area contributed by atoms with Gasteiger partial charge in [-0.05, 0) is 44.8 Å². The molecule has 0 aliphatic carbocycles. The maximum Gasteiger partial charge on any atom is 0.141 e. The first kappa shape index (κ1) is 20.0. The highest BCUT2D eigenvalue weighted by Gasteiger charge is 2.33. The third-order valence-electron chi connectivity index (χ3n) is 5.52. The van der Waals surface area contributed by atoms with Gasteiger partial charge in [0, 0.05) is 37.9 Å². The van der Waals surface area contributed by atoms with E-state index in [9.17, 15) is 0 Å². The summed E-state index contributed by atoms with van der Waals surface area (Å²) in [7, 11) is 4.21. The summed E-state index contributed by atoms with van der Waals surface area (Å²) in [6, 6.07) is 0.452.